The monoisotopic (exact) mass is 495 g/mol. The first-order valence-corrected chi connectivity index (χ1v) is 11.9. The summed E-state index contributed by atoms with van der Waals surface area (Å²) in [7, 11) is -4.07. The molecular formula is C23H17Cl2F2NO3S. The van der Waals surface area contributed by atoms with Crippen LogP contribution in [0.1, 0.15) is 27.9 Å². The summed E-state index contributed by atoms with van der Waals surface area (Å²) in [6, 6.07) is 12.2. The lowest BCUT2D eigenvalue weighted by atomic mass is 9.97. The van der Waals surface area contributed by atoms with Crippen molar-refractivity contribution in [3.05, 3.63) is 93.0 Å². The molecule has 0 fully saturated rings. The second-order valence-electron chi connectivity index (χ2n) is 7.42. The number of nitrogens with zero attached hydrogens (tertiary/aromatic N) is 1. The van der Waals surface area contributed by atoms with Gasteiger partial charge < -0.3 is 0 Å². The smallest absolute Gasteiger partial charge is 0.265 e. The van der Waals surface area contributed by atoms with Gasteiger partial charge in [-0.1, -0.05) is 41.4 Å². The Kier molecular flexibility index (Phi) is 6.25. The fourth-order valence-corrected chi connectivity index (χ4v) is 6.10. The molecule has 32 heavy (non-hydrogen) atoms. The molecule has 1 aliphatic heterocycles. The van der Waals surface area contributed by atoms with Crippen molar-refractivity contribution in [2.75, 3.05) is 10.8 Å². The normalized spacial score (nSPS) is 13.7. The number of carbonyl (C=O) groups is 1. The number of rotatable bonds is 5. The first kappa shape index (κ1) is 22.7. The summed E-state index contributed by atoms with van der Waals surface area (Å²) >= 11 is 12.0. The average molecular weight is 496 g/mol. The number of carbonyl (C=O) groups excluding carboxylic acids is 1. The van der Waals surface area contributed by atoms with E-state index in [9.17, 15) is 22.0 Å². The Balaban J connectivity index is 1.70. The molecule has 4 rings (SSSR count). The molecule has 3 aromatic carbocycles. The van der Waals surface area contributed by atoms with Crippen molar-refractivity contribution in [1.82, 2.24) is 0 Å². The van der Waals surface area contributed by atoms with Gasteiger partial charge in [-0.25, -0.2) is 17.2 Å². The van der Waals surface area contributed by atoms with Crippen LogP contribution in [0, 0.1) is 11.6 Å². The number of Topliss-reactive ketones (excluding diaryl/α,β-unsaturated/α-hetero) is 1. The zero-order valence-electron chi connectivity index (χ0n) is 16.6. The van der Waals surface area contributed by atoms with E-state index in [-0.39, 0.29) is 33.5 Å². The molecule has 0 aromatic heterocycles. The molecule has 0 spiro atoms. The lowest BCUT2D eigenvalue weighted by molar-refractivity contribution is 0.0989. The first-order valence-electron chi connectivity index (χ1n) is 9.75. The van der Waals surface area contributed by atoms with E-state index in [0.717, 1.165) is 29.8 Å². The summed E-state index contributed by atoms with van der Waals surface area (Å²) in [5.74, 6) is -1.86. The highest BCUT2D eigenvalue weighted by molar-refractivity contribution is 7.93. The lowest BCUT2D eigenvalue weighted by Crippen LogP contribution is -2.35. The van der Waals surface area contributed by atoms with Gasteiger partial charge in [0, 0.05) is 13.0 Å². The van der Waals surface area contributed by atoms with E-state index >= 15 is 0 Å². The van der Waals surface area contributed by atoms with Crippen LogP contribution in [0.25, 0.3) is 0 Å². The van der Waals surface area contributed by atoms with Crippen LogP contribution in [0.2, 0.25) is 10.0 Å². The molecule has 0 saturated heterocycles. The van der Waals surface area contributed by atoms with Gasteiger partial charge in [-0.2, -0.15) is 0 Å². The number of hydrogen-bond donors (Lipinski definition) is 0. The predicted molar refractivity (Wildman–Crippen MR) is 120 cm³/mol. The quantitative estimate of drug-likeness (QED) is 0.417. The van der Waals surface area contributed by atoms with Crippen molar-refractivity contribution in [1.29, 1.82) is 0 Å². The van der Waals surface area contributed by atoms with Crippen molar-refractivity contribution in [2.45, 2.75) is 24.2 Å². The van der Waals surface area contributed by atoms with Crippen LogP contribution < -0.4 is 4.31 Å². The standard InChI is InChI=1S/C23H17Cl2F2NO3S/c24-17-4-1-5-19(27)23(17)21(29)12-14-6-7-15-3-2-10-28(20(15)11-14)32(30,31)22-9-8-16(26)13-18(22)25/h1,4-9,11,13H,2-3,10,12H2. The van der Waals surface area contributed by atoms with E-state index in [4.69, 9.17) is 23.2 Å². The van der Waals surface area contributed by atoms with Gasteiger partial charge in [-0.15, -0.1) is 0 Å². The summed E-state index contributed by atoms with van der Waals surface area (Å²) < 4.78 is 55.4. The average Bonchev–Trinajstić information content (AvgIpc) is 2.72. The largest absolute Gasteiger partial charge is 0.294 e. The molecule has 0 unspecified atom stereocenters. The van der Waals surface area contributed by atoms with E-state index in [1.807, 2.05) is 0 Å². The molecule has 0 bridgehead atoms. The summed E-state index contributed by atoms with van der Waals surface area (Å²) in [5.41, 5.74) is 1.52. The zero-order chi connectivity index (χ0) is 23.0. The lowest BCUT2D eigenvalue weighted by Gasteiger charge is -2.31. The van der Waals surface area contributed by atoms with E-state index in [1.165, 1.54) is 16.4 Å². The van der Waals surface area contributed by atoms with Crippen LogP contribution >= 0.6 is 23.2 Å². The second-order valence-corrected chi connectivity index (χ2v) is 10.1. The number of fused-ring (bicyclic) bond motifs is 1. The maximum absolute atomic E-state index is 14.1. The Labute approximate surface area is 194 Å². The molecule has 1 heterocycles. The molecule has 0 atom stereocenters. The number of aryl methyl sites for hydroxylation is 1. The minimum Gasteiger partial charge on any atom is -0.294 e. The van der Waals surface area contributed by atoms with Gasteiger partial charge in [0.05, 0.1) is 21.3 Å². The van der Waals surface area contributed by atoms with Gasteiger partial charge in [0.2, 0.25) is 0 Å². The molecule has 0 radical (unpaired) electrons. The number of hydrogen-bond acceptors (Lipinski definition) is 3. The predicted octanol–water partition coefficient (Wildman–Crippen LogP) is 5.84. The van der Waals surface area contributed by atoms with Crippen molar-refractivity contribution in [2.24, 2.45) is 0 Å². The first-order chi connectivity index (χ1) is 15.2. The van der Waals surface area contributed by atoms with Crippen LogP contribution in [0.4, 0.5) is 14.5 Å². The fourth-order valence-electron chi connectivity index (χ4n) is 3.79. The molecular weight excluding hydrogens is 479 g/mol. The summed E-state index contributed by atoms with van der Waals surface area (Å²) in [6.45, 7) is 0.208. The molecule has 3 aromatic rings. The molecule has 0 saturated carbocycles. The van der Waals surface area contributed by atoms with Crippen LogP contribution in [-0.2, 0) is 22.9 Å². The minimum atomic E-state index is -4.07. The summed E-state index contributed by atoms with van der Waals surface area (Å²) in [6.07, 6.45) is 1.10. The van der Waals surface area contributed by atoms with Gasteiger partial charge in [-0.3, -0.25) is 9.10 Å². The number of anilines is 1. The molecule has 4 nitrogen and oxygen atoms in total. The SMILES string of the molecule is O=C(Cc1ccc2c(c1)N(S(=O)(=O)c1ccc(F)cc1Cl)CCC2)c1c(F)cccc1Cl. The maximum Gasteiger partial charge on any atom is 0.265 e. The molecule has 0 N–H and O–H groups in total. The van der Waals surface area contributed by atoms with Crippen LogP contribution in [-0.4, -0.2) is 20.7 Å². The van der Waals surface area contributed by atoms with Crippen molar-refractivity contribution in [3.8, 4) is 0 Å². The summed E-state index contributed by atoms with van der Waals surface area (Å²) in [4.78, 5) is 12.5. The van der Waals surface area contributed by atoms with Crippen LogP contribution in [0.15, 0.2) is 59.5 Å². The van der Waals surface area contributed by atoms with E-state index < -0.39 is 27.4 Å². The Morgan fingerprint density at radius 2 is 1.78 bits per heavy atom. The molecule has 1 aliphatic rings. The fraction of sp³-hybridized carbons (Fsp3) is 0.174. The Bertz CT molecular complexity index is 1310. The van der Waals surface area contributed by atoms with Crippen LogP contribution in [0.3, 0.4) is 0 Å². The Hall–Kier alpha value is -2.48. The highest BCUT2D eigenvalue weighted by Crippen LogP contribution is 2.35. The zero-order valence-corrected chi connectivity index (χ0v) is 18.9. The maximum atomic E-state index is 14.1. The van der Waals surface area contributed by atoms with E-state index in [2.05, 4.69) is 0 Å². The molecule has 0 amide bonds. The highest BCUT2D eigenvalue weighted by atomic mass is 35.5. The van der Waals surface area contributed by atoms with E-state index in [0.29, 0.717) is 24.1 Å². The number of sulfonamides is 1. The highest BCUT2D eigenvalue weighted by Gasteiger charge is 2.31. The topological polar surface area (TPSA) is 54.5 Å². The van der Waals surface area contributed by atoms with Crippen LogP contribution in [0.5, 0.6) is 0 Å². The number of halogens is 4. The number of benzene rings is 3. The van der Waals surface area contributed by atoms with Crippen molar-refractivity contribution < 1.29 is 22.0 Å². The summed E-state index contributed by atoms with van der Waals surface area (Å²) in [5, 5.41) is -0.194. The van der Waals surface area contributed by atoms with Gasteiger partial charge in [0.25, 0.3) is 10.0 Å². The Morgan fingerprint density at radius 3 is 2.50 bits per heavy atom. The minimum absolute atomic E-state index is 0.0168. The third-order valence-corrected chi connectivity index (χ3v) is 7.91. The van der Waals surface area contributed by atoms with Gasteiger partial charge >= 0.3 is 0 Å². The molecule has 0 aliphatic carbocycles. The molecule has 9 heteroatoms. The van der Waals surface area contributed by atoms with Crippen molar-refractivity contribution >= 4 is 44.7 Å². The van der Waals surface area contributed by atoms with Crippen molar-refractivity contribution in [3.63, 3.8) is 0 Å². The van der Waals surface area contributed by atoms with Gasteiger partial charge in [0.1, 0.15) is 16.5 Å². The van der Waals surface area contributed by atoms with Gasteiger partial charge in [-0.05, 0) is 60.4 Å². The van der Waals surface area contributed by atoms with Gasteiger partial charge in [0.15, 0.2) is 5.78 Å². The van der Waals surface area contributed by atoms with E-state index in [1.54, 1.807) is 18.2 Å². The third-order valence-electron chi connectivity index (χ3n) is 5.29. The number of ketones is 1. The molecule has 166 valence electrons. The Morgan fingerprint density at radius 1 is 1.00 bits per heavy atom. The third kappa shape index (κ3) is 4.25. The second kappa shape index (κ2) is 8.81.